The maximum atomic E-state index is 11.7. The Morgan fingerprint density at radius 3 is 2.41 bits per heavy atom. The number of hydrogen-bond donors (Lipinski definition) is 1. The summed E-state index contributed by atoms with van der Waals surface area (Å²) < 4.78 is 0. The number of nitrogens with one attached hydrogen (secondary N) is 1. The molecule has 7 heteroatoms. The molecule has 0 fully saturated rings. The molecular weight excluding hydrogens is 327 g/mol. The van der Waals surface area contributed by atoms with Crippen molar-refractivity contribution in [2.45, 2.75) is 13.8 Å². The molecule has 1 aliphatic rings. The third-order valence-corrected chi connectivity index (χ3v) is 3.39. The Morgan fingerprint density at radius 2 is 1.82 bits per heavy atom. The fourth-order valence-electron chi connectivity index (χ4n) is 1.80. The van der Waals surface area contributed by atoms with Gasteiger partial charge in [-0.05, 0) is 55.3 Å². The largest absolute Gasteiger partial charge is 0.437 e. The van der Waals surface area contributed by atoms with Crippen molar-refractivity contribution in [1.82, 2.24) is 0 Å². The number of Topliss-reactive ketones (excluding diaryl/α,β-unsaturated/α-hetero) is 1. The maximum Gasteiger partial charge on any atom is 0.437 e. The van der Waals surface area contributed by atoms with Crippen molar-refractivity contribution in [3.8, 4) is 0 Å². The highest BCUT2D eigenvalue weighted by Gasteiger charge is 2.14. The summed E-state index contributed by atoms with van der Waals surface area (Å²) in [4.78, 5) is 28.0. The standard InChI is InChI=1S/C15H12Cl2N2O3/c1-8-5-11(6-9(2)14(8)20)19-22-15(21)18-13-4-3-10(16)7-12(13)17/h3-7H,1-2H3,(H,18,21). The van der Waals surface area contributed by atoms with Gasteiger partial charge in [-0.2, -0.15) is 0 Å². The third kappa shape index (κ3) is 3.96. The van der Waals surface area contributed by atoms with Gasteiger partial charge in [0.2, 0.25) is 0 Å². The van der Waals surface area contributed by atoms with E-state index >= 15 is 0 Å². The van der Waals surface area contributed by atoms with E-state index in [9.17, 15) is 9.59 Å². The number of benzene rings is 1. The molecule has 0 unspecified atom stereocenters. The number of allylic oxidation sites excluding steroid dienone is 4. The minimum Gasteiger partial charge on any atom is -0.297 e. The Balaban J connectivity index is 2.04. The number of nitrogens with zero attached hydrogens (tertiary/aromatic N) is 1. The van der Waals surface area contributed by atoms with Crippen LogP contribution in [0.4, 0.5) is 10.5 Å². The molecule has 1 aromatic carbocycles. The smallest absolute Gasteiger partial charge is 0.297 e. The molecule has 1 aliphatic carbocycles. The average Bonchev–Trinajstić information content (AvgIpc) is 2.45. The summed E-state index contributed by atoms with van der Waals surface area (Å²) in [6.07, 6.45) is 2.28. The molecule has 0 saturated carbocycles. The number of oxime groups is 1. The summed E-state index contributed by atoms with van der Waals surface area (Å²) in [7, 11) is 0. The van der Waals surface area contributed by atoms with Crippen LogP contribution in [0.3, 0.4) is 0 Å². The first kappa shape index (κ1) is 16.3. The van der Waals surface area contributed by atoms with Crippen molar-refractivity contribution in [3.63, 3.8) is 0 Å². The minimum absolute atomic E-state index is 0.0589. The van der Waals surface area contributed by atoms with E-state index in [2.05, 4.69) is 10.5 Å². The predicted molar refractivity (Wildman–Crippen MR) is 86.5 cm³/mol. The zero-order chi connectivity index (χ0) is 16.3. The molecule has 0 heterocycles. The molecule has 22 heavy (non-hydrogen) atoms. The van der Waals surface area contributed by atoms with E-state index in [1.807, 2.05) is 0 Å². The Labute approximate surface area is 137 Å². The van der Waals surface area contributed by atoms with Crippen LogP contribution in [0, 0.1) is 0 Å². The van der Waals surface area contributed by atoms with Crippen molar-refractivity contribution in [1.29, 1.82) is 0 Å². The van der Waals surface area contributed by atoms with Gasteiger partial charge in [0, 0.05) is 5.02 Å². The molecule has 0 aliphatic heterocycles. The Hall–Kier alpha value is -2.11. The second-order valence-corrected chi connectivity index (χ2v) is 5.47. The Bertz CT molecular complexity index is 712. The molecule has 0 aromatic heterocycles. The van der Waals surface area contributed by atoms with Gasteiger partial charge in [0.15, 0.2) is 5.78 Å². The van der Waals surface area contributed by atoms with Gasteiger partial charge in [-0.25, -0.2) is 4.79 Å². The van der Waals surface area contributed by atoms with Gasteiger partial charge < -0.3 is 0 Å². The number of halogens is 2. The number of ketones is 1. The van der Waals surface area contributed by atoms with E-state index < -0.39 is 6.09 Å². The van der Waals surface area contributed by atoms with Gasteiger partial charge >= 0.3 is 6.09 Å². The van der Waals surface area contributed by atoms with Crippen LogP contribution in [0.25, 0.3) is 0 Å². The van der Waals surface area contributed by atoms with Crippen molar-refractivity contribution >= 4 is 46.5 Å². The second-order valence-electron chi connectivity index (χ2n) is 4.63. The van der Waals surface area contributed by atoms with Crippen LogP contribution in [-0.4, -0.2) is 17.6 Å². The molecule has 1 aromatic rings. The lowest BCUT2D eigenvalue weighted by molar-refractivity contribution is -0.112. The van der Waals surface area contributed by atoms with Crippen molar-refractivity contribution in [2.24, 2.45) is 5.16 Å². The highest BCUT2D eigenvalue weighted by molar-refractivity contribution is 6.36. The normalized spacial score (nSPS) is 14.2. The lowest BCUT2D eigenvalue weighted by atomic mass is 9.98. The fourth-order valence-corrected chi connectivity index (χ4v) is 2.25. The van der Waals surface area contributed by atoms with Gasteiger partial charge in [0.25, 0.3) is 0 Å². The summed E-state index contributed by atoms with van der Waals surface area (Å²) in [5.74, 6) is -0.0589. The predicted octanol–water partition coefficient (Wildman–Crippen LogP) is 4.37. The van der Waals surface area contributed by atoms with Gasteiger partial charge in [0.1, 0.15) is 5.71 Å². The highest BCUT2D eigenvalue weighted by Crippen LogP contribution is 2.25. The molecular formula is C15H12Cl2N2O3. The van der Waals surface area contributed by atoms with Gasteiger partial charge in [-0.1, -0.05) is 28.4 Å². The summed E-state index contributed by atoms with van der Waals surface area (Å²) in [5, 5.41) is 6.87. The summed E-state index contributed by atoms with van der Waals surface area (Å²) in [6, 6.07) is 4.63. The first-order valence-corrected chi connectivity index (χ1v) is 7.05. The van der Waals surface area contributed by atoms with Crippen LogP contribution in [0.1, 0.15) is 13.8 Å². The Kier molecular flexibility index (Phi) is 5.00. The molecule has 2 rings (SSSR count). The van der Waals surface area contributed by atoms with Gasteiger partial charge in [-0.15, -0.1) is 0 Å². The third-order valence-electron chi connectivity index (χ3n) is 2.85. The molecule has 1 N–H and O–H groups in total. The minimum atomic E-state index is -0.800. The van der Waals surface area contributed by atoms with Crippen LogP contribution in [-0.2, 0) is 9.63 Å². The van der Waals surface area contributed by atoms with Crippen LogP contribution in [0.2, 0.25) is 10.0 Å². The summed E-state index contributed by atoms with van der Waals surface area (Å²) >= 11 is 11.7. The van der Waals surface area contributed by atoms with E-state index in [4.69, 9.17) is 28.0 Å². The van der Waals surface area contributed by atoms with E-state index in [0.717, 1.165) is 0 Å². The molecule has 0 saturated heterocycles. The van der Waals surface area contributed by atoms with E-state index in [1.165, 1.54) is 18.2 Å². The summed E-state index contributed by atoms with van der Waals surface area (Å²) in [5.41, 5.74) is 1.80. The zero-order valence-electron chi connectivity index (χ0n) is 11.8. The lowest BCUT2D eigenvalue weighted by Gasteiger charge is -2.08. The van der Waals surface area contributed by atoms with E-state index in [1.54, 1.807) is 26.0 Å². The van der Waals surface area contributed by atoms with Crippen LogP contribution >= 0.6 is 23.2 Å². The number of anilines is 1. The summed E-state index contributed by atoms with van der Waals surface area (Å²) in [6.45, 7) is 3.34. The van der Waals surface area contributed by atoms with Gasteiger partial charge in [0.05, 0.1) is 10.7 Å². The Morgan fingerprint density at radius 1 is 1.18 bits per heavy atom. The van der Waals surface area contributed by atoms with Crippen LogP contribution in [0.15, 0.2) is 46.7 Å². The number of hydrogen-bond acceptors (Lipinski definition) is 4. The SMILES string of the molecule is CC1=CC(=NOC(=O)Nc2ccc(Cl)cc2Cl)C=C(C)C1=O. The number of rotatable bonds is 2. The van der Waals surface area contributed by atoms with Crippen molar-refractivity contribution in [3.05, 3.63) is 51.5 Å². The zero-order valence-corrected chi connectivity index (χ0v) is 13.3. The van der Waals surface area contributed by atoms with Gasteiger partial charge in [-0.3, -0.25) is 14.9 Å². The molecule has 0 bridgehead atoms. The van der Waals surface area contributed by atoms with E-state index in [0.29, 0.717) is 27.6 Å². The molecule has 114 valence electrons. The second kappa shape index (κ2) is 6.77. The van der Waals surface area contributed by atoms with Crippen molar-refractivity contribution in [2.75, 3.05) is 5.32 Å². The number of amides is 1. The highest BCUT2D eigenvalue weighted by atomic mass is 35.5. The maximum absolute atomic E-state index is 11.7. The fraction of sp³-hybridized carbons (Fsp3) is 0.133. The average molecular weight is 339 g/mol. The molecule has 0 radical (unpaired) electrons. The molecule has 1 amide bonds. The number of carbonyl (C=O) groups excluding carboxylic acids is 2. The lowest BCUT2D eigenvalue weighted by Crippen LogP contribution is -2.14. The van der Waals surface area contributed by atoms with Crippen molar-refractivity contribution < 1.29 is 14.4 Å². The van der Waals surface area contributed by atoms with Crippen LogP contribution in [0.5, 0.6) is 0 Å². The topological polar surface area (TPSA) is 67.8 Å². The molecule has 0 atom stereocenters. The first-order valence-electron chi connectivity index (χ1n) is 6.29. The van der Waals surface area contributed by atoms with Crippen LogP contribution < -0.4 is 5.32 Å². The molecule has 0 spiro atoms. The number of carbonyl (C=O) groups is 2. The van der Waals surface area contributed by atoms with E-state index in [-0.39, 0.29) is 10.8 Å². The first-order chi connectivity index (χ1) is 10.4. The monoisotopic (exact) mass is 338 g/mol. The quantitative estimate of drug-likeness (QED) is 0.494. The molecule has 5 nitrogen and oxygen atoms in total.